The topological polar surface area (TPSA) is 80.6 Å². The molecule has 0 aliphatic rings. The van der Waals surface area contributed by atoms with Crippen LogP contribution in [0.5, 0.6) is 17.2 Å². The third-order valence-electron chi connectivity index (χ3n) is 5.32. The zero-order valence-corrected chi connectivity index (χ0v) is 22.1. The van der Waals surface area contributed by atoms with Crippen LogP contribution in [0.15, 0.2) is 58.6 Å². The summed E-state index contributed by atoms with van der Waals surface area (Å²) in [5, 5.41) is 12.6. The van der Waals surface area contributed by atoms with Crippen LogP contribution in [0.4, 0.5) is 5.69 Å². The molecule has 0 heterocycles. The summed E-state index contributed by atoms with van der Waals surface area (Å²) >= 11 is 9.63. The van der Waals surface area contributed by atoms with Gasteiger partial charge in [0.25, 0.3) is 5.91 Å². The number of nitriles is 1. The van der Waals surface area contributed by atoms with Crippen LogP contribution >= 0.6 is 27.5 Å². The SMILES string of the molecule is COc1cc(NC(=O)/C(C#N)=C/c2ccc(OCc3ccc(C)c(C)c3)c(Br)c2)c(OC)cc1Cl. The van der Waals surface area contributed by atoms with E-state index >= 15 is 0 Å². The van der Waals surface area contributed by atoms with E-state index < -0.39 is 5.91 Å². The van der Waals surface area contributed by atoms with Gasteiger partial charge in [-0.1, -0.05) is 35.9 Å². The average Bonchev–Trinajstić information content (AvgIpc) is 2.84. The summed E-state index contributed by atoms with van der Waals surface area (Å²) in [7, 11) is 2.92. The monoisotopic (exact) mass is 554 g/mol. The third-order valence-corrected chi connectivity index (χ3v) is 6.23. The van der Waals surface area contributed by atoms with Crippen molar-refractivity contribution in [3.05, 3.63) is 85.9 Å². The van der Waals surface area contributed by atoms with E-state index in [1.807, 2.05) is 12.1 Å². The summed E-state index contributed by atoms with van der Waals surface area (Å²) in [6, 6.07) is 16.6. The number of rotatable bonds is 8. The molecule has 0 aromatic heterocycles. The molecule has 6 nitrogen and oxygen atoms in total. The number of methoxy groups -OCH3 is 2. The summed E-state index contributed by atoms with van der Waals surface area (Å²) in [4.78, 5) is 12.8. The molecular formula is C27H24BrClN2O4. The fraction of sp³-hybridized carbons (Fsp3) is 0.185. The maximum Gasteiger partial charge on any atom is 0.266 e. The van der Waals surface area contributed by atoms with Gasteiger partial charge in [-0.2, -0.15) is 5.26 Å². The second-order valence-corrected chi connectivity index (χ2v) is 8.97. The van der Waals surface area contributed by atoms with Gasteiger partial charge in [0.05, 0.1) is 29.4 Å². The van der Waals surface area contributed by atoms with Gasteiger partial charge in [-0.25, -0.2) is 0 Å². The predicted molar refractivity (Wildman–Crippen MR) is 141 cm³/mol. The van der Waals surface area contributed by atoms with Crippen molar-refractivity contribution < 1.29 is 19.0 Å². The zero-order valence-electron chi connectivity index (χ0n) is 19.7. The van der Waals surface area contributed by atoms with Crippen LogP contribution in [-0.2, 0) is 11.4 Å². The minimum absolute atomic E-state index is 0.0864. The number of ether oxygens (including phenoxy) is 3. The predicted octanol–water partition coefficient (Wildman–Crippen LogP) is 6.86. The molecule has 0 radical (unpaired) electrons. The summed E-state index contributed by atoms with van der Waals surface area (Å²) in [5.41, 5.74) is 4.41. The fourth-order valence-corrected chi connectivity index (χ4v) is 3.98. The minimum atomic E-state index is -0.596. The number of amides is 1. The van der Waals surface area contributed by atoms with Gasteiger partial charge in [0.1, 0.15) is 35.5 Å². The average molecular weight is 556 g/mol. The number of nitrogens with zero attached hydrogens (tertiary/aromatic N) is 1. The van der Waals surface area contributed by atoms with Crippen LogP contribution in [0, 0.1) is 25.2 Å². The van der Waals surface area contributed by atoms with E-state index in [9.17, 15) is 10.1 Å². The number of nitrogens with one attached hydrogen (secondary N) is 1. The number of aryl methyl sites for hydroxylation is 2. The highest BCUT2D eigenvalue weighted by molar-refractivity contribution is 9.10. The van der Waals surface area contributed by atoms with Crippen LogP contribution in [0.1, 0.15) is 22.3 Å². The first-order valence-corrected chi connectivity index (χ1v) is 11.8. The fourth-order valence-electron chi connectivity index (χ4n) is 3.24. The van der Waals surface area contributed by atoms with Crippen LogP contribution < -0.4 is 19.5 Å². The van der Waals surface area contributed by atoms with E-state index in [1.165, 1.54) is 43.6 Å². The molecule has 3 rings (SSSR count). The Bertz CT molecular complexity index is 1330. The van der Waals surface area contributed by atoms with E-state index in [0.29, 0.717) is 44.6 Å². The Morgan fingerprint density at radius 2 is 1.77 bits per heavy atom. The molecule has 0 saturated carbocycles. The molecule has 1 amide bonds. The molecule has 8 heteroatoms. The van der Waals surface area contributed by atoms with Crippen molar-refractivity contribution in [2.75, 3.05) is 19.5 Å². The largest absolute Gasteiger partial charge is 0.495 e. The van der Waals surface area contributed by atoms with Gasteiger partial charge < -0.3 is 19.5 Å². The van der Waals surface area contributed by atoms with Crippen molar-refractivity contribution in [2.45, 2.75) is 20.5 Å². The normalized spacial score (nSPS) is 10.9. The molecule has 1 N–H and O–H groups in total. The van der Waals surface area contributed by atoms with Crippen molar-refractivity contribution in [3.8, 4) is 23.3 Å². The van der Waals surface area contributed by atoms with E-state index in [4.69, 9.17) is 25.8 Å². The van der Waals surface area contributed by atoms with Gasteiger partial charge in [0.15, 0.2) is 0 Å². The molecule has 3 aromatic rings. The summed E-state index contributed by atoms with van der Waals surface area (Å²) < 4.78 is 17.1. The van der Waals surface area contributed by atoms with Crippen LogP contribution in [0.2, 0.25) is 5.02 Å². The first kappa shape index (κ1) is 26.1. The van der Waals surface area contributed by atoms with Gasteiger partial charge in [0.2, 0.25) is 0 Å². The second-order valence-electron chi connectivity index (χ2n) is 7.71. The highest BCUT2D eigenvalue weighted by Gasteiger charge is 2.16. The molecule has 0 atom stereocenters. The smallest absolute Gasteiger partial charge is 0.266 e. The Kier molecular flexibility index (Phi) is 8.80. The van der Waals surface area contributed by atoms with E-state index in [-0.39, 0.29) is 5.57 Å². The maximum absolute atomic E-state index is 12.8. The Morgan fingerprint density at radius 3 is 2.40 bits per heavy atom. The lowest BCUT2D eigenvalue weighted by atomic mass is 10.1. The second kappa shape index (κ2) is 11.8. The minimum Gasteiger partial charge on any atom is -0.495 e. The van der Waals surface area contributed by atoms with Crippen molar-refractivity contribution >= 4 is 45.2 Å². The molecule has 35 heavy (non-hydrogen) atoms. The lowest BCUT2D eigenvalue weighted by Crippen LogP contribution is -2.14. The van der Waals surface area contributed by atoms with Crippen molar-refractivity contribution in [3.63, 3.8) is 0 Å². The summed E-state index contributed by atoms with van der Waals surface area (Å²) in [5.74, 6) is 0.766. The van der Waals surface area contributed by atoms with Crippen molar-refractivity contribution in [1.82, 2.24) is 0 Å². The van der Waals surface area contributed by atoms with Crippen LogP contribution in [-0.4, -0.2) is 20.1 Å². The van der Waals surface area contributed by atoms with Gasteiger partial charge >= 0.3 is 0 Å². The van der Waals surface area contributed by atoms with E-state index in [0.717, 1.165) is 5.56 Å². The number of hydrogen-bond donors (Lipinski definition) is 1. The number of halogens is 2. The Hall–Kier alpha value is -3.47. The number of carbonyl (C=O) groups is 1. The number of hydrogen-bond acceptors (Lipinski definition) is 5. The molecule has 0 unspecified atom stereocenters. The van der Waals surface area contributed by atoms with Crippen LogP contribution in [0.25, 0.3) is 6.08 Å². The molecule has 0 bridgehead atoms. The molecule has 3 aromatic carbocycles. The molecule has 0 aliphatic carbocycles. The summed E-state index contributed by atoms with van der Waals surface area (Å²) in [6.07, 6.45) is 1.49. The highest BCUT2D eigenvalue weighted by Crippen LogP contribution is 2.36. The summed E-state index contributed by atoms with van der Waals surface area (Å²) in [6.45, 7) is 4.56. The number of benzene rings is 3. The zero-order chi connectivity index (χ0) is 25.5. The molecular weight excluding hydrogens is 532 g/mol. The lowest BCUT2D eigenvalue weighted by molar-refractivity contribution is -0.112. The maximum atomic E-state index is 12.8. The highest BCUT2D eigenvalue weighted by atomic mass is 79.9. The molecule has 0 aliphatic heterocycles. The molecule has 0 saturated heterocycles. The lowest BCUT2D eigenvalue weighted by Gasteiger charge is -2.13. The van der Waals surface area contributed by atoms with Crippen molar-refractivity contribution in [1.29, 1.82) is 5.26 Å². The standard InChI is InChI=1S/C27H24BrClN2O4/c1-16-5-6-19(9-17(16)2)15-35-24-8-7-18(11-21(24)28)10-20(14-30)27(32)31-23-13-25(33-3)22(29)12-26(23)34-4/h5-13H,15H2,1-4H3,(H,31,32)/b20-10+. The van der Waals surface area contributed by atoms with Gasteiger partial charge in [-0.05, 0) is 70.2 Å². The molecule has 0 fully saturated rings. The van der Waals surface area contributed by atoms with Crippen LogP contribution in [0.3, 0.4) is 0 Å². The van der Waals surface area contributed by atoms with E-state index in [1.54, 1.807) is 18.2 Å². The molecule has 0 spiro atoms. The third kappa shape index (κ3) is 6.56. The van der Waals surface area contributed by atoms with E-state index in [2.05, 4.69) is 47.2 Å². The number of anilines is 1. The van der Waals surface area contributed by atoms with Gasteiger partial charge in [-0.3, -0.25) is 4.79 Å². The first-order valence-electron chi connectivity index (χ1n) is 10.6. The first-order chi connectivity index (χ1) is 16.7. The van der Waals surface area contributed by atoms with Gasteiger partial charge in [0, 0.05) is 12.1 Å². The van der Waals surface area contributed by atoms with Gasteiger partial charge in [-0.15, -0.1) is 0 Å². The quantitative estimate of drug-likeness (QED) is 0.243. The Balaban J connectivity index is 1.76. The number of carbonyl (C=O) groups excluding carboxylic acids is 1. The molecule has 180 valence electrons. The Labute approximate surface area is 218 Å². The Morgan fingerprint density at radius 1 is 1.03 bits per heavy atom. The van der Waals surface area contributed by atoms with Crippen molar-refractivity contribution in [2.24, 2.45) is 0 Å².